The molecule has 4 heteroatoms. The number of nitrogens with two attached hydrogens (primary N) is 1. The maximum absolute atomic E-state index is 11.7. The zero-order valence-corrected chi connectivity index (χ0v) is 10.9. The Bertz CT molecular complexity index is 439. The molecule has 18 heavy (non-hydrogen) atoms. The van der Waals surface area contributed by atoms with E-state index in [0.29, 0.717) is 23.9 Å². The first-order chi connectivity index (χ1) is 8.61. The third-order valence-corrected chi connectivity index (χ3v) is 3.33. The van der Waals surface area contributed by atoms with E-state index in [1.54, 1.807) is 13.0 Å². The molecule has 2 rings (SSSR count). The van der Waals surface area contributed by atoms with E-state index in [1.807, 2.05) is 12.1 Å². The van der Waals surface area contributed by atoms with Crippen LogP contribution in [0.4, 0.5) is 11.4 Å². The van der Waals surface area contributed by atoms with Crippen molar-refractivity contribution in [3.05, 3.63) is 23.8 Å². The van der Waals surface area contributed by atoms with Gasteiger partial charge in [0.05, 0.1) is 23.5 Å². The quantitative estimate of drug-likeness (QED) is 0.635. The van der Waals surface area contributed by atoms with Crippen molar-refractivity contribution in [2.24, 2.45) is 5.92 Å². The van der Waals surface area contributed by atoms with Crippen LogP contribution in [-0.2, 0) is 4.74 Å². The van der Waals surface area contributed by atoms with Gasteiger partial charge in [-0.15, -0.1) is 0 Å². The topological polar surface area (TPSA) is 64.3 Å². The lowest BCUT2D eigenvalue weighted by atomic mass is 9.82. The molecule has 0 spiro atoms. The van der Waals surface area contributed by atoms with E-state index in [-0.39, 0.29) is 5.97 Å². The van der Waals surface area contributed by atoms with E-state index in [2.05, 4.69) is 12.2 Å². The van der Waals surface area contributed by atoms with Crippen LogP contribution in [0.5, 0.6) is 0 Å². The van der Waals surface area contributed by atoms with Crippen molar-refractivity contribution in [3.63, 3.8) is 0 Å². The first-order valence-corrected chi connectivity index (χ1v) is 6.44. The Labute approximate surface area is 108 Å². The average Bonchev–Trinajstić information content (AvgIpc) is 2.30. The van der Waals surface area contributed by atoms with Gasteiger partial charge < -0.3 is 15.8 Å². The van der Waals surface area contributed by atoms with Crippen LogP contribution in [0, 0.1) is 5.92 Å². The number of benzene rings is 1. The fraction of sp³-hybridized carbons (Fsp3) is 0.500. The van der Waals surface area contributed by atoms with Crippen LogP contribution >= 0.6 is 0 Å². The molecule has 98 valence electrons. The predicted octanol–water partition coefficient (Wildman–Crippen LogP) is 2.66. The van der Waals surface area contributed by atoms with Crippen molar-refractivity contribution >= 4 is 17.3 Å². The highest BCUT2D eigenvalue weighted by Crippen LogP contribution is 2.32. The highest BCUT2D eigenvalue weighted by Gasteiger charge is 2.26. The number of anilines is 2. The van der Waals surface area contributed by atoms with Crippen LogP contribution in [0.3, 0.4) is 0 Å². The molecule has 0 atom stereocenters. The van der Waals surface area contributed by atoms with Gasteiger partial charge in [0, 0.05) is 6.04 Å². The second-order valence-electron chi connectivity index (χ2n) is 4.91. The van der Waals surface area contributed by atoms with Gasteiger partial charge in [-0.3, -0.25) is 0 Å². The van der Waals surface area contributed by atoms with Gasteiger partial charge in [0.2, 0.25) is 0 Å². The number of hydrogen-bond acceptors (Lipinski definition) is 4. The SMILES string of the molecule is CCOC(=O)c1cccc(NC2CC(C)C2)c1N. The van der Waals surface area contributed by atoms with E-state index < -0.39 is 0 Å². The van der Waals surface area contributed by atoms with E-state index in [4.69, 9.17) is 10.5 Å². The number of ether oxygens (including phenoxy) is 1. The Morgan fingerprint density at radius 1 is 1.50 bits per heavy atom. The number of nitrogen functional groups attached to an aromatic ring is 1. The molecule has 0 heterocycles. The molecular formula is C14H20N2O2. The Hall–Kier alpha value is -1.71. The zero-order chi connectivity index (χ0) is 13.1. The minimum atomic E-state index is -0.361. The molecule has 1 aliphatic carbocycles. The van der Waals surface area contributed by atoms with Crippen LogP contribution in [0.2, 0.25) is 0 Å². The molecule has 1 saturated carbocycles. The largest absolute Gasteiger partial charge is 0.462 e. The minimum absolute atomic E-state index is 0.357. The summed E-state index contributed by atoms with van der Waals surface area (Å²) in [6, 6.07) is 5.90. The summed E-state index contributed by atoms with van der Waals surface area (Å²) in [6.07, 6.45) is 2.31. The van der Waals surface area contributed by atoms with Gasteiger partial charge in [0.1, 0.15) is 0 Å². The van der Waals surface area contributed by atoms with Crippen molar-refractivity contribution in [3.8, 4) is 0 Å². The monoisotopic (exact) mass is 248 g/mol. The molecular weight excluding hydrogens is 228 g/mol. The summed E-state index contributed by atoms with van der Waals surface area (Å²) in [4.78, 5) is 11.7. The Kier molecular flexibility index (Phi) is 3.75. The maximum atomic E-state index is 11.7. The van der Waals surface area contributed by atoms with Crippen LogP contribution in [-0.4, -0.2) is 18.6 Å². The molecule has 0 aliphatic heterocycles. The first-order valence-electron chi connectivity index (χ1n) is 6.44. The Morgan fingerprint density at radius 3 is 2.83 bits per heavy atom. The van der Waals surface area contributed by atoms with E-state index in [9.17, 15) is 4.79 Å². The van der Waals surface area contributed by atoms with E-state index in [0.717, 1.165) is 24.4 Å². The summed E-state index contributed by atoms with van der Waals surface area (Å²) in [5.74, 6) is 0.414. The van der Waals surface area contributed by atoms with Crippen molar-refractivity contribution < 1.29 is 9.53 Å². The summed E-state index contributed by atoms with van der Waals surface area (Å²) < 4.78 is 4.98. The lowest BCUT2D eigenvalue weighted by molar-refractivity contribution is 0.0527. The molecule has 1 aromatic rings. The average molecular weight is 248 g/mol. The number of para-hydroxylation sites is 1. The summed E-state index contributed by atoms with van der Waals surface area (Å²) >= 11 is 0. The normalized spacial score (nSPS) is 22.1. The summed E-state index contributed by atoms with van der Waals surface area (Å²) in [6.45, 7) is 4.37. The van der Waals surface area contributed by atoms with Crippen molar-refractivity contribution in [1.29, 1.82) is 0 Å². The smallest absolute Gasteiger partial charge is 0.340 e. The third-order valence-electron chi connectivity index (χ3n) is 3.33. The van der Waals surface area contributed by atoms with Crippen LogP contribution in [0.1, 0.15) is 37.0 Å². The molecule has 0 aromatic heterocycles. The highest BCUT2D eigenvalue weighted by atomic mass is 16.5. The second-order valence-corrected chi connectivity index (χ2v) is 4.91. The molecule has 0 amide bonds. The number of rotatable bonds is 4. The number of nitrogens with one attached hydrogen (secondary N) is 1. The molecule has 1 aromatic carbocycles. The van der Waals surface area contributed by atoms with Crippen LogP contribution in [0.15, 0.2) is 18.2 Å². The lowest BCUT2D eigenvalue weighted by Crippen LogP contribution is -2.34. The van der Waals surface area contributed by atoms with Gasteiger partial charge in [-0.25, -0.2) is 4.79 Å². The van der Waals surface area contributed by atoms with Gasteiger partial charge in [0.15, 0.2) is 0 Å². The molecule has 1 fully saturated rings. The lowest BCUT2D eigenvalue weighted by Gasteiger charge is -2.34. The van der Waals surface area contributed by atoms with E-state index in [1.165, 1.54) is 0 Å². The molecule has 0 saturated heterocycles. The molecule has 3 N–H and O–H groups in total. The predicted molar refractivity (Wildman–Crippen MR) is 72.6 cm³/mol. The number of carbonyl (C=O) groups excluding carboxylic acids is 1. The van der Waals surface area contributed by atoms with Gasteiger partial charge in [0.25, 0.3) is 0 Å². The van der Waals surface area contributed by atoms with Crippen molar-refractivity contribution in [2.45, 2.75) is 32.7 Å². The zero-order valence-electron chi connectivity index (χ0n) is 10.9. The minimum Gasteiger partial charge on any atom is -0.462 e. The first kappa shape index (κ1) is 12.7. The Morgan fingerprint density at radius 2 is 2.22 bits per heavy atom. The van der Waals surface area contributed by atoms with E-state index >= 15 is 0 Å². The molecule has 4 nitrogen and oxygen atoms in total. The van der Waals surface area contributed by atoms with Gasteiger partial charge in [-0.1, -0.05) is 13.0 Å². The summed E-state index contributed by atoms with van der Waals surface area (Å²) in [7, 11) is 0. The van der Waals surface area contributed by atoms with Crippen molar-refractivity contribution in [2.75, 3.05) is 17.7 Å². The fourth-order valence-electron chi connectivity index (χ4n) is 2.32. The standard InChI is InChI=1S/C14H20N2O2/c1-3-18-14(17)11-5-4-6-12(13(11)15)16-10-7-9(2)8-10/h4-6,9-10,16H,3,7-8,15H2,1-2H3. The number of hydrogen-bond donors (Lipinski definition) is 2. The maximum Gasteiger partial charge on any atom is 0.340 e. The number of carbonyl (C=O) groups is 1. The molecule has 0 bridgehead atoms. The van der Waals surface area contributed by atoms with Crippen molar-refractivity contribution in [1.82, 2.24) is 0 Å². The fourth-order valence-corrected chi connectivity index (χ4v) is 2.32. The van der Waals surface area contributed by atoms with Gasteiger partial charge >= 0.3 is 5.97 Å². The summed E-state index contributed by atoms with van der Waals surface area (Å²) in [5.41, 5.74) is 7.76. The van der Waals surface area contributed by atoms with Gasteiger partial charge in [-0.05, 0) is 37.8 Å². The number of esters is 1. The summed E-state index contributed by atoms with van der Waals surface area (Å²) in [5, 5.41) is 3.38. The highest BCUT2D eigenvalue weighted by molar-refractivity contribution is 5.98. The molecule has 1 aliphatic rings. The third kappa shape index (κ3) is 2.58. The second kappa shape index (κ2) is 5.29. The molecule has 0 radical (unpaired) electrons. The van der Waals surface area contributed by atoms with Crippen LogP contribution in [0.25, 0.3) is 0 Å². The Balaban J connectivity index is 2.11. The molecule has 0 unspecified atom stereocenters. The van der Waals surface area contributed by atoms with Crippen LogP contribution < -0.4 is 11.1 Å². The van der Waals surface area contributed by atoms with Gasteiger partial charge in [-0.2, -0.15) is 0 Å².